The Kier molecular flexibility index (Phi) is 8.70. The highest BCUT2D eigenvalue weighted by Gasteiger charge is 2.25. The molecule has 3 rings (SSSR count). The van der Waals surface area contributed by atoms with Gasteiger partial charge in [0.15, 0.2) is 11.7 Å². The third-order valence-corrected chi connectivity index (χ3v) is 5.99. The number of hydrazine groups is 1. The van der Waals surface area contributed by atoms with E-state index < -0.39 is 5.83 Å². The fourth-order valence-corrected chi connectivity index (χ4v) is 4.17. The Labute approximate surface area is 193 Å². The molecule has 0 spiro atoms. The van der Waals surface area contributed by atoms with Gasteiger partial charge < -0.3 is 16.9 Å². The van der Waals surface area contributed by atoms with E-state index >= 15 is 0 Å². The molecule has 178 valence electrons. The molecule has 0 unspecified atom stereocenters. The summed E-state index contributed by atoms with van der Waals surface area (Å²) in [6.07, 6.45) is 11.4. The van der Waals surface area contributed by atoms with Gasteiger partial charge in [0, 0.05) is 25.3 Å². The minimum atomic E-state index is -1.17. The summed E-state index contributed by atoms with van der Waals surface area (Å²) >= 11 is 0. The van der Waals surface area contributed by atoms with Crippen molar-refractivity contribution in [2.24, 2.45) is 16.8 Å². The van der Waals surface area contributed by atoms with Crippen LogP contribution >= 0.6 is 0 Å². The molecule has 1 aromatic heterocycles. The molecule has 7 N–H and O–H groups in total. The number of pyridine rings is 1. The van der Waals surface area contributed by atoms with Crippen LogP contribution in [0.5, 0.6) is 0 Å². The average molecular weight is 459 g/mol. The van der Waals surface area contributed by atoms with Crippen LogP contribution in [-0.4, -0.2) is 52.9 Å². The normalized spacial score (nSPS) is 19.8. The molecule has 1 aromatic rings. The zero-order chi connectivity index (χ0) is 23.8. The number of piperidine rings is 1. The summed E-state index contributed by atoms with van der Waals surface area (Å²) in [6.45, 7) is 5.67. The van der Waals surface area contributed by atoms with Gasteiger partial charge in [0.05, 0.1) is 11.3 Å². The number of allylic oxidation sites excluding steroid dienone is 4. The zero-order valence-corrected chi connectivity index (χ0v) is 18.8. The lowest BCUT2D eigenvalue weighted by Crippen LogP contribution is -2.44. The molecule has 10 heteroatoms. The summed E-state index contributed by atoms with van der Waals surface area (Å²) in [6, 6.07) is 2.39. The van der Waals surface area contributed by atoms with Gasteiger partial charge in [-0.3, -0.25) is 9.91 Å². The molecule has 8 nitrogen and oxygen atoms in total. The lowest BCUT2D eigenvalue weighted by atomic mass is 9.96. The van der Waals surface area contributed by atoms with Crippen LogP contribution in [0.25, 0.3) is 5.57 Å². The van der Waals surface area contributed by atoms with Gasteiger partial charge in [0.1, 0.15) is 12.1 Å². The van der Waals surface area contributed by atoms with Crippen molar-refractivity contribution in [1.29, 1.82) is 0 Å². The first-order chi connectivity index (χ1) is 16.0. The minimum absolute atomic E-state index is 0.0395. The highest BCUT2D eigenvalue weighted by atomic mass is 19.2. The summed E-state index contributed by atoms with van der Waals surface area (Å²) in [5.41, 5.74) is 8.14. The fourth-order valence-electron chi connectivity index (χ4n) is 4.17. The lowest BCUT2D eigenvalue weighted by Gasteiger charge is -2.36. The Morgan fingerprint density at radius 1 is 1.36 bits per heavy atom. The molecule has 0 aromatic carbocycles. The predicted molar refractivity (Wildman–Crippen MR) is 129 cm³/mol. The molecule has 0 saturated carbocycles. The van der Waals surface area contributed by atoms with Gasteiger partial charge >= 0.3 is 0 Å². The standard InChI is InChI=1S/C23H32F2N8/c1-2-3-4-21(20(25)14-24)33(28)23(31-27)19-13-17(15-30-22(19)26)16-7-11-32(12-8-16)18-5-9-29-10-6-18/h2-4,7,13-15,18,29H,5-6,8-12,27-28H2,1H3,(H2,26,30)/b3-2-,20-14-,21-4+,31-23-. The molecule has 0 bridgehead atoms. The van der Waals surface area contributed by atoms with Gasteiger partial charge in [-0.05, 0) is 62.6 Å². The third-order valence-electron chi connectivity index (χ3n) is 5.99. The minimum Gasteiger partial charge on any atom is -0.383 e. The van der Waals surface area contributed by atoms with Crippen LogP contribution in [0.2, 0.25) is 0 Å². The molecule has 1 saturated heterocycles. The highest BCUT2D eigenvalue weighted by molar-refractivity contribution is 6.03. The molecule has 0 radical (unpaired) electrons. The van der Waals surface area contributed by atoms with E-state index in [0.717, 1.165) is 61.6 Å². The van der Waals surface area contributed by atoms with E-state index in [4.69, 9.17) is 17.4 Å². The molecule has 2 aliphatic rings. The summed E-state index contributed by atoms with van der Waals surface area (Å²) in [5, 5.41) is 7.97. The van der Waals surface area contributed by atoms with Crippen molar-refractivity contribution in [1.82, 2.24) is 20.2 Å². The van der Waals surface area contributed by atoms with E-state index in [1.54, 1.807) is 25.3 Å². The van der Waals surface area contributed by atoms with Crippen molar-refractivity contribution in [3.63, 3.8) is 0 Å². The van der Waals surface area contributed by atoms with Crippen LogP contribution in [-0.2, 0) is 0 Å². The Balaban J connectivity index is 1.86. The smallest absolute Gasteiger partial charge is 0.178 e. The first-order valence-corrected chi connectivity index (χ1v) is 11.0. The molecule has 2 aliphatic heterocycles. The summed E-state index contributed by atoms with van der Waals surface area (Å²) in [4.78, 5) is 6.79. The number of nitrogens with two attached hydrogens (primary N) is 3. The summed E-state index contributed by atoms with van der Waals surface area (Å²) in [7, 11) is 0. The zero-order valence-electron chi connectivity index (χ0n) is 18.8. The maximum absolute atomic E-state index is 14.1. The quantitative estimate of drug-likeness (QED) is 0.170. The van der Waals surface area contributed by atoms with Crippen molar-refractivity contribution in [3.8, 4) is 0 Å². The van der Waals surface area contributed by atoms with Crippen molar-refractivity contribution in [2.75, 3.05) is 31.9 Å². The van der Waals surface area contributed by atoms with Crippen molar-refractivity contribution < 1.29 is 8.78 Å². The van der Waals surface area contributed by atoms with Gasteiger partial charge in [-0.15, -0.1) is 0 Å². The number of hydrazone groups is 1. The number of rotatable bonds is 6. The molecule has 33 heavy (non-hydrogen) atoms. The first kappa shape index (κ1) is 24.6. The summed E-state index contributed by atoms with van der Waals surface area (Å²) in [5.74, 6) is 10.6. The van der Waals surface area contributed by atoms with Crippen molar-refractivity contribution >= 4 is 17.2 Å². The van der Waals surface area contributed by atoms with E-state index in [0.29, 0.717) is 11.6 Å². The second-order valence-electron chi connectivity index (χ2n) is 7.97. The van der Waals surface area contributed by atoms with E-state index in [9.17, 15) is 8.78 Å². The number of anilines is 1. The Morgan fingerprint density at radius 3 is 2.73 bits per heavy atom. The lowest BCUT2D eigenvalue weighted by molar-refractivity contribution is 0.178. The van der Waals surface area contributed by atoms with Gasteiger partial charge in [-0.25, -0.2) is 19.6 Å². The highest BCUT2D eigenvalue weighted by Crippen LogP contribution is 2.27. The second kappa shape index (κ2) is 11.7. The number of nitrogens with one attached hydrogen (secondary N) is 1. The van der Waals surface area contributed by atoms with E-state index in [2.05, 4.69) is 26.4 Å². The van der Waals surface area contributed by atoms with Crippen LogP contribution in [0.3, 0.4) is 0 Å². The third kappa shape index (κ3) is 5.84. The van der Waals surface area contributed by atoms with Crippen molar-refractivity contribution in [2.45, 2.75) is 32.2 Å². The predicted octanol–water partition coefficient (Wildman–Crippen LogP) is 2.54. The van der Waals surface area contributed by atoms with Crippen LogP contribution < -0.4 is 22.7 Å². The maximum atomic E-state index is 14.1. The number of aromatic nitrogens is 1. The van der Waals surface area contributed by atoms with Crippen LogP contribution in [0.4, 0.5) is 14.6 Å². The number of halogens is 2. The molecule has 0 atom stereocenters. The Hall–Kier alpha value is -3.08. The number of hydrogen-bond acceptors (Lipinski definition) is 7. The van der Waals surface area contributed by atoms with Gasteiger partial charge in [-0.1, -0.05) is 18.2 Å². The Bertz CT molecular complexity index is 977. The van der Waals surface area contributed by atoms with Crippen LogP contribution in [0, 0.1) is 0 Å². The van der Waals surface area contributed by atoms with E-state index in [-0.39, 0.29) is 23.7 Å². The Morgan fingerprint density at radius 2 is 2.12 bits per heavy atom. The number of amidine groups is 1. The monoisotopic (exact) mass is 458 g/mol. The van der Waals surface area contributed by atoms with E-state index in [1.807, 2.05) is 0 Å². The van der Waals surface area contributed by atoms with Gasteiger partial charge in [0.25, 0.3) is 0 Å². The average Bonchev–Trinajstić information content (AvgIpc) is 2.86. The molecule has 0 aliphatic carbocycles. The fraction of sp³-hybridized carbons (Fsp3) is 0.391. The number of nitrogen functional groups attached to an aromatic ring is 1. The second-order valence-corrected chi connectivity index (χ2v) is 7.97. The van der Waals surface area contributed by atoms with Crippen LogP contribution in [0.1, 0.15) is 37.3 Å². The maximum Gasteiger partial charge on any atom is 0.178 e. The molecule has 1 fully saturated rings. The number of hydrogen-bond donors (Lipinski definition) is 4. The van der Waals surface area contributed by atoms with Gasteiger partial charge in [-0.2, -0.15) is 5.10 Å². The largest absolute Gasteiger partial charge is 0.383 e. The number of nitrogens with zero attached hydrogens (tertiary/aromatic N) is 4. The molecule has 3 heterocycles. The summed E-state index contributed by atoms with van der Waals surface area (Å²) < 4.78 is 27.1. The molecular weight excluding hydrogens is 426 g/mol. The van der Waals surface area contributed by atoms with Gasteiger partial charge in [0.2, 0.25) is 0 Å². The van der Waals surface area contributed by atoms with Crippen LogP contribution in [0.15, 0.2) is 59.5 Å². The molecular formula is C23H32F2N8. The SMILES string of the molecule is C\C=C/C=C(\C(F)=C\F)N(N)/C(=N\N)c1cc(C2=CCN(C3CCNCC3)CC2)cnc1N. The first-order valence-electron chi connectivity index (χ1n) is 11.0. The topological polar surface area (TPSA) is 122 Å². The molecule has 0 amide bonds. The van der Waals surface area contributed by atoms with Crippen molar-refractivity contribution in [3.05, 3.63) is 65.5 Å². The van der Waals surface area contributed by atoms with E-state index in [1.165, 1.54) is 12.2 Å².